The van der Waals surface area contributed by atoms with Gasteiger partial charge in [0.05, 0.1) is 15.5 Å². The number of sulfonamides is 1. The molecule has 0 radical (unpaired) electrons. The maximum absolute atomic E-state index is 13.2. The number of rotatable bonds is 5. The third kappa shape index (κ3) is 4.63. The Morgan fingerprint density at radius 1 is 1.06 bits per heavy atom. The molecule has 0 atom stereocenters. The quantitative estimate of drug-likeness (QED) is 0.400. The molecule has 172 valence electrons. The Bertz CT molecular complexity index is 1300. The Hall–Kier alpha value is -3.22. The van der Waals surface area contributed by atoms with Crippen molar-refractivity contribution in [3.8, 4) is 10.6 Å². The monoisotopic (exact) mass is 490 g/mol. The molecule has 0 aliphatic carbocycles. The van der Waals surface area contributed by atoms with Crippen LogP contribution in [0.1, 0.15) is 15.4 Å². The lowest BCUT2D eigenvalue weighted by molar-refractivity contribution is -0.384. The molecule has 0 unspecified atom stereocenters. The van der Waals surface area contributed by atoms with Crippen LogP contribution in [0.15, 0.2) is 53.4 Å². The average molecular weight is 491 g/mol. The minimum absolute atomic E-state index is 0.0323. The number of nitrogens with zero attached hydrogens (tertiary/aromatic N) is 4. The van der Waals surface area contributed by atoms with Crippen molar-refractivity contribution in [2.24, 2.45) is 0 Å². The van der Waals surface area contributed by atoms with Gasteiger partial charge in [-0.2, -0.15) is 4.31 Å². The number of hydrogen-bond donors (Lipinski definition) is 0. The number of amides is 1. The summed E-state index contributed by atoms with van der Waals surface area (Å²) in [5.74, 6) is -0.587. The zero-order valence-electron chi connectivity index (χ0n) is 17.5. The van der Waals surface area contributed by atoms with Gasteiger partial charge in [-0.1, -0.05) is 0 Å². The Labute approximate surface area is 193 Å². The Morgan fingerprint density at radius 3 is 2.24 bits per heavy atom. The summed E-state index contributed by atoms with van der Waals surface area (Å²) in [6.45, 7) is 2.34. The van der Waals surface area contributed by atoms with Crippen LogP contribution in [-0.2, 0) is 10.0 Å². The molecule has 1 fully saturated rings. The van der Waals surface area contributed by atoms with E-state index in [1.54, 1.807) is 24.0 Å². The van der Waals surface area contributed by atoms with Gasteiger partial charge in [0, 0.05) is 43.9 Å². The number of non-ortho nitro benzene ring substituents is 1. The molecule has 4 rings (SSSR count). The lowest BCUT2D eigenvalue weighted by Crippen LogP contribution is -2.50. The van der Waals surface area contributed by atoms with E-state index in [1.807, 2.05) is 0 Å². The van der Waals surface area contributed by atoms with Gasteiger partial charge in [0.2, 0.25) is 10.0 Å². The summed E-state index contributed by atoms with van der Waals surface area (Å²) in [6, 6.07) is 10.6. The highest BCUT2D eigenvalue weighted by Gasteiger charge is 2.32. The first kappa shape index (κ1) is 23.0. The van der Waals surface area contributed by atoms with Crippen molar-refractivity contribution in [3.63, 3.8) is 0 Å². The van der Waals surface area contributed by atoms with Crippen molar-refractivity contribution in [1.82, 2.24) is 14.2 Å². The van der Waals surface area contributed by atoms with Crippen LogP contribution in [0, 0.1) is 22.9 Å². The summed E-state index contributed by atoms with van der Waals surface area (Å²) in [7, 11) is -3.83. The fourth-order valence-corrected chi connectivity index (χ4v) is 5.94. The molecule has 1 aromatic heterocycles. The number of aromatic nitrogens is 1. The number of hydrogen-bond acceptors (Lipinski definition) is 7. The Morgan fingerprint density at radius 2 is 1.67 bits per heavy atom. The first-order valence-corrected chi connectivity index (χ1v) is 12.2. The number of aryl methyl sites for hydroxylation is 1. The van der Waals surface area contributed by atoms with E-state index in [2.05, 4.69) is 4.98 Å². The number of nitro benzene ring substituents is 1. The van der Waals surface area contributed by atoms with E-state index in [9.17, 15) is 27.7 Å². The molecule has 2 aromatic carbocycles. The summed E-state index contributed by atoms with van der Waals surface area (Å²) in [6.07, 6.45) is 0. The van der Waals surface area contributed by atoms with E-state index in [1.165, 1.54) is 39.9 Å². The second kappa shape index (κ2) is 8.96. The number of benzene rings is 2. The fraction of sp³-hybridized carbons (Fsp3) is 0.238. The maximum atomic E-state index is 13.2. The third-order valence-corrected chi connectivity index (χ3v) is 8.40. The van der Waals surface area contributed by atoms with Crippen LogP contribution in [0.4, 0.5) is 10.1 Å². The molecule has 0 bridgehead atoms. The van der Waals surface area contributed by atoms with Gasteiger partial charge in [0.25, 0.3) is 11.6 Å². The molecule has 1 aliphatic heterocycles. The SMILES string of the molecule is Cc1nc(-c2ccc(F)cc2)sc1C(=O)N1CCN(S(=O)(=O)c2ccc([N+](=O)[O-])cc2)CC1. The summed E-state index contributed by atoms with van der Waals surface area (Å²) >= 11 is 1.22. The molecule has 2 heterocycles. The molecule has 33 heavy (non-hydrogen) atoms. The van der Waals surface area contributed by atoms with Crippen LogP contribution < -0.4 is 0 Å². The third-order valence-electron chi connectivity index (χ3n) is 5.29. The smallest absolute Gasteiger partial charge is 0.269 e. The topological polar surface area (TPSA) is 114 Å². The van der Waals surface area contributed by atoms with E-state index < -0.39 is 14.9 Å². The summed E-state index contributed by atoms with van der Waals surface area (Å²) in [5.41, 5.74) is 1.08. The molecule has 1 amide bonds. The van der Waals surface area contributed by atoms with Gasteiger partial charge < -0.3 is 4.90 Å². The van der Waals surface area contributed by atoms with Crippen molar-refractivity contribution >= 4 is 33.0 Å². The minimum Gasteiger partial charge on any atom is -0.335 e. The zero-order chi connectivity index (χ0) is 23.8. The molecule has 0 N–H and O–H groups in total. The zero-order valence-corrected chi connectivity index (χ0v) is 19.1. The van der Waals surface area contributed by atoms with Crippen molar-refractivity contribution in [2.45, 2.75) is 11.8 Å². The minimum atomic E-state index is -3.83. The maximum Gasteiger partial charge on any atom is 0.269 e. The number of piperazine rings is 1. The molecule has 12 heteroatoms. The van der Waals surface area contributed by atoms with Gasteiger partial charge in [-0.3, -0.25) is 14.9 Å². The van der Waals surface area contributed by atoms with Gasteiger partial charge >= 0.3 is 0 Å². The van der Waals surface area contributed by atoms with E-state index in [0.29, 0.717) is 21.1 Å². The van der Waals surface area contributed by atoms with E-state index in [4.69, 9.17) is 0 Å². The van der Waals surface area contributed by atoms with Crippen LogP contribution in [0.2, 0.25) is 0 Å². The number of carbonyl (C=O) groups is 1. The molecule has 3 aromatic rings. The summed E-state index contributed by atoms with van der Waals surface area (Å²) < 4.78 is 40.2. The van der Waals surface area contributed by atoms with Crippen molar-refractivity contribution < 1.29 is 22.5 Å². The highest BCUT2D eigenvalue weighted by Crippen LogP contribution is 2.29. The van der Waals surface area contributed by atoms with Crippen molar-refractivity contribution in [1.29, 1.82) is 0 Å². The van der Waals surface area contributed by atoms with E-state index >= 15 is 0 Å². The molecule has 9 nitrogen and oxygen atoms in total. The molecule has 1 saturated heterocycles. The molecule has 0 saturated carbocycles. The van der Waals surface area contributed by atoms with Crippen molar-refractivity contribution in [3.05, 3.63) is 75.0 Å². The summed E-state index contributed by atoms with van der Waals surface area (Å²) in [5, 5.41) is 11.4. The standard InChI is InChI=1S/C21H19FN4O5S2/c1-14-19(32-20(23-14)15-2-4-16(22)5-3-15)21(27)24-10-12-25(13-11-24)33(30,31)18-8-6-17(7-9-18)26(28)29/h2-9H,10-13H2,1H3. The normalized spacial score (nSPS) is 14.9. The van der Waals surface area contributed by atoms with Gasteiger partial charge in [-0.05, 0) is 43.3 Å². The van der Waals surface area contributed by atoms with Gasteiger partial charge in [0.15, 0.2) is 0 Å². The van der Waals surface area contributed by atoms with Crippen LogP contribution in [-0.4, -0.2) is 59.6 Å². The Kier molecular flexibility index (Phi) is 6.23. The van der Waals surface area contributed by atoms with E-state index in [-0.39, 0.29) is 48.5 Å². The van der Waals surface area contributed by atoms with E-state index in [0.717, 1.165) is 12.1 Å². The lowest BCUT2D eigenvalue weighted by Gasteiger charge is -2.33. The number of thiazole rings is 1. The Balaban J connectivity index is 1.45. The van der Waals surface area contributed by atoms with Gasteiger partial charge in [-0.15, -0.1) is 11.3 Å². The highest BCUT2D eigenvalue weighted by atomic mass is 32.2. The second-order valence-electron chi connectivity index (χ2n) is 7.39. The first-order valence-electron chi connectivity index (χ1n) is 9.94. The molecular weight excluding hydrogens is 471 g/mol. The van der Waals surface area contributed by atoms with Gasteiger partial charge in [0.1, 0.15) is 15.7 Å². The molecular formula is C21H19FN4O5S2. The number of carbonyl (C=O) groups excluding carboxylic acids is 1. The second-order valence-corrected chi connectivity index (χ2v) is 10.3. The van der Waals surface area contributed by atoms with Crippen LogP contribution in [0.3, 0.4) is 0 Å². The van der Waals surface area contributed by atoms with Crippen molar-refractivity contribution in [2.75, 3.05) is 26.2 Å². The largest absolute Gasteiger partial charge is 0.335 e. The fourth-order valence-electron chi connectivity index (χ4n) is 3.47. The molecule has 0 spiro atoms. The van der Waals surface area contributed by atoms with Crippen LogP contribution in [0.5, 0.6) is 0 Å². The van der Waals surface area contributed by atoms with Crippen LogP contribution in [0.25, 0.3) is 10.6 Å². The number of halogens is 1. The highest BCUT2D eigenvalue weighted by molar-refractivity contribution is 7.89. The van der Waals surface area contributed by atoms with Gasteiger partial charge in [-0.25, -0.2) is 17.8 Å². The predicted octanol–water partition coefficient (Wildman–Crippen LogP) is 3.31. The van der Waals surface area contributed by atoms with Crippen LogP contribution >= 0.6 is 11.3 Å². The lowest BCUT2D eigenvalue weighted by atomic mass is 10.2. The average Bonchev–Trinajstić information content (AvgIpc) is 3.20. The summed E-state index contributed by atoms with van der Waals surface area (Å²) in [4.78, 5) is 29.7. The molecule has 1 aliphatic rings. The predicted molar refractivity (Wildman–Crippen MR) is 120 cm³/mol. The number of nitro groups is 1. The first-order chi connectivity index (χ1) is 15.7.